The van der Waals surface area contributed by atoms with E-state index in [9.17, 15) is 0 Å². The molecule has 1 aromatic heterocycles. The van der Waals surface area contributed by atoms with Crippen LogP contribution in [-0.2, 0) is 13.1 Å². The Morgan fingerprint density at radius 3 is 2.84 bits per heavy atom. The third-order valence-electron chi connectivity index (χ3n) is 3.09. The van der Waals surface area contributed by atoms with Crippen molar-refractivity contribution in [3.05, 3.63) is 46.1 Å². The van der Waals surface area contributed by atoms with Crippen LogP contribution in [0.1, 0.15) is 16.8 Å². The fraction of sp³-hybridized carbons (Fsp3) is 0.357. The highest BCUT2D eigenvalue weighted by Crippen LogP contribution is 2.19. The molecule has 102 valence electrons. The van der Waals surface area contributed by atoms with E-state index in [0.717, 1.165) is 27.7 Å². The zero-order valence-electron chi connectivity index (χ0n) is 11.2. The molecular formula is C14H18ClN3O. The Balaban J connectivity index is 2.14. The fourth-order valence-corrected chi connectivity index (χ4v) is 2.20. The minimum absolute atomic E-state index is 0.0758. The molecule has 0 bridgehead atoms. The van der Waals surface area contributed by atoms with Gasteiger partial charge in [0.1, 0.15) is 5.82 Å². The molecule has 0 aliphatic heterocycles. The van der Waals surface area contributed by atoms with Gasteiger partial charge in [0.2, 0.25) is 0 Å². The summed E-state index contributed by atoms with van der Waals surface area (Å²) >= 11 is 5.96. The topological polar surface area (TPSA) is 50.1 Å². The molecule has 1 aromatic carbocycles. The summed E-state index contributed by atoms with van der Waals surface area (Å²) in [5, 5.41) is 17.6. The normalized spacial score (nSPS) is 10.7. The Hall–Kier alpha value is -1.52. The smallest absolute Gasteiger partial charge is 0.127 e. The Labute approximate surface area is 118 Å². The molecule has 2 aromatic rings. The molecule has 0 amide bonds. The zero-order valence-corrected chi connectivity index (χ0v) is 11.9. The number of aromatic nitrogens is 2. The summed E-state index contributed by atoms with van der Waals surface area (Å²) in [6, 6.07) is 7.75. The van der Waals surface area contributed by atoms with Crippen LogP contribution in [0.15, 0.2) is 24.3 Å². The van der Waals surface area contributed by atoms with Crippen LogP contribution < -0.4 is 5.32 Å². The van der Waals surface area contributed by atoms with Crippen LogP contribution in [0.2, 0.25) is 5.02 Å². The number of nitrogens with zero attached hydrogens (tertiary/aromatic N) is 2. The SMILES string of the molecule is Cc1nn(CCO)c(NCc2cccc(Cl)c2)c1C. The maximum atomic E-state index is 9.06. The van der Waals surface area contributed by atoms with E-state index in [1.165, 1.54) is 0 Å². The minimum atomic E-state index is 0.0758. The third-order valence-corrected chi connectivity index (χ3v) is 3.32. The average molecular weight is 280 g/mol. The van der Waals surface area contributed by atoms with Gasteiger partial charge < -0.3 is 10.4 Å². The van der Waals surface area contributed by atoms with Crippen LogP contribution in [-0.4, -0.2) is 21.5 Å². The first-order valence-corrected chi connectivity index (χ1v) is 6.63. The maximum absolute atomic E-state index is 9.06. The van der Waals surface area contributed by atoms with Crippen molar-refractivity contribution in [2.24, 2.45) is 0 Å². The molecular weight excluding hydrogens is 262 g/mol. The van der Waals surface area contributed by atoms with Crippen LogP contribution in [0.4, 0.5) is 5.82 Å². The number of aliphatic hydroxyl groups excluding tert-OH is 1. The number of halogens is 1. The van der Waals surface area contributed by atoms with Crippen molar-refractivity contribution < 1.29 is 5.11 Å². The van der Waals surface area contributed by atoms with E-state index < -0.39 is 0 Å². The fourth-order valence-electron chi connectivity index (χ4n) is 1.98. The van der Waals surface area contributed by atoms with Crippen LogP contribution in [0.5, 0.6) is 0 Å². The van der Waals surface area contributed by atoms with Crippen molar-refractivity contribution in [1.29, 1.82) is 0 Å². The summed E-state index contributed by atoms with van der Waals surface area (Å²) in [6.45, 7) is 5.24. The van der Waals surface area contributed by atoms with Gasteiger partial charge in [-0.2, -0.15) is 5.10 Å². The maximum Gasteiger partial charge on any atom is 0.127 e. The molecule has 5 heteroatoms. The predicted molar refractivity (Wildman–Crippen MR) is 77.6 cm³/mol. The van der Waals surface area contributed by atoms with Crippen LogP contribution in [0, 0.1) is 13.8 Å². The second-order valence-electron chi connectivity index (χ2n) is 4.49. The van der Waals surface area contributed by atoms with Gasteiger partial charge in [0.15, 0.2) is 0 Å². The van der Waals surface area contributed by atoms with Crippen molar-refractivity contribution in [2.75, 3.05) is 11.9 Å². The number of rotatable bonds is 5. The van der Waals surface area contributed by atoms with Gasteiger partial charge in [-0.1, -0.05) is 23.7 Å². The summed E-state index contributed by atoms with van der Waals surface area (Å²) in [5.74, 6) is 0.950. The lowest BCUT2D eigenvalue weighted by Crippen LogP contribution is -2.10. The lowest BCUT2D eigenvalue weighted by Gasteiger charge is -2.10. The number of benzene rings is 1. The highest BCUT2D eigenvalue weighted by atomic mass is 35.5. The van der Waals surface area contributed by atoms with E-state index >= 15 is 0 Å². The van der Waals surface area contributed by atoms with E-state index in [4.69, 9.17) is 16.7 Å². The number of hydrogen-bond donors (Lipinski definition) is 2. The van der Waals surface area contributed by atoms with E-state index in [1.54, 1.807) is 4.68 Å². The first-order valence-electron chi connectivity index (χ1n) is 6.25. The Kier molecular flexibility index (Phi) is 4.45. The molecule has 4 nitrogen and oxygen atoms in total. The van der Waals surface area contributed by atoms with E-state index in [1.807, 2.05) is 38.1 Å². The standard InChI is InChI=1S/C14H18ClN3O/c1-10-11(2)17-18(6-7-19)14(10)16-9-12-4-3-5-13(15)8-12/h3-5,8,16,19H,6-7,9H2,1-2H3. The molecule has 0 atom stereocenters. The molecule has 19 heavy (non-hydrogen) atoms. The summed E-state index contributed by atoms with van der Waals surface area (Å²) in [7, 11) is 0. The quantitative estimate of drug-likeness (QED) is 0.885. The highest BCUT2D eigenvalue weighted by Gasteiger charge is 2.10. The summed E-state index contributed by atoms with van der Waals surface area (Å²) in [4.78, 5) is 0. The molecule has 0 saturated carbocycles. The molecule has 0 unspecified atom stereocenters. The molecule has 1 heterocycles. The van der Waals surface area contributed by atoms with Gasteiger partial charge in [-0.3, -0.25) is 0 Å². The van der Waals surface area contributed by atoms with Crippen molar-refractivity contribution in [2.45, 2.75) is 26.9 Å². The van der Waals surface area contributed by atoms with E-state index in [2.05, 4.69) is 10.4 Å². The summed E-state index contributed by atoms with van der Waals surface area (Å²) < 4.78 is 1.80. The molecule has 0 aliphatic rings. The van der Waals surface area contributed by atoms with Crippen LogP contribution in [0.25, 0.3) is 0 Å². The van der Waals surface area contributed by atoms with Crippen molar-refractivity contribution in [1.82, 2.24) is 9.78 Å². The number of aliphatic hydroxyl groups is 1. The van der Waals surface area contributed by atoms with Crippen LogP contribution >= 0.6 is 11.6 Å². The first kappa shape index (κ1) is 13.9. The lowest BCUT2D eigenvalue weighted by molar-refractivity contribution is 0.270. The number of anilines is 1. The van der Waals surface area contributed by atoms with Gasteiger partial charge in [0, 0.05) is 17.1 Å². The van der Waals surface area contributed by atoms with Crippen molar-refractivity contribution >= 4 is 17.4 Å². The Morgan fingerprint density at radius 2 is 2.16 bits per heavy atom. The highest BCUT2D eigenvalue weighted by molar-refractivity contribution is 6.30. The van der Waals surface area contributed by atoms with E-state index in [0.29, 0.717) is 13.1 Å². The number of hydrogen-bond acceptors (Lipinski definition) is 3. The largest absolute Gasteiger partial charge is 0.394 e. The Morgan fingerprint density at radius 1 is 1.37 bits per heavy atom. The third kappa shape index (κ3) is 3.28. The van der Waals surface area contributed by atoms with Gasteiger partial charge >= 0.3 is 0 Å². The predicted octanol–water partition coefficient (Wildman–Crippen LogP) is 2.76. The molecule has 0 radical (unpaired) electrons. The minimum Gasteiger partial charge on any atom is -0.394 e. The van der Waals surface area contributed by atoms with Crippen molar-refractivity contribution in [3.8, 4) is 0 Å². The molecule has 2 rings (SSSR count). The van der Waals surface area contributed by atoms with Gasteiger partial charge in [0.25, 0.3) is 0 Å². The first-order chi connectivity index (χ1) is 9.11. The molecule has 0 saturated heterocycles. The lowest BCUT2D eigenvalue weighted by atomic mass is 10.2. The number of nitrogens with one attached hydrogen (secondary N) is 1. The molecule has 0 aliphatic carbocycles. The van der Waals surface area contributed by atoms with E-state index in [-0.39, 0.29) is 6.61 Å². The monoisotopic (exact) mass is 279 g/mol. The summed E-state index contributed by atoms with van der Waals surface area (Å²) in [6.07, 6.45) is 0. The van der Waals surface area contributed by atoms with Gasteiger partial charge in [-0.05, 0) is 31.5 Å². The van der Waals surface area contributed by atoms with Gasteiger partial charge in [-0.25, -0.2) is 4.68 Å². The average Bonchev–Trinajstić information content (AvgIpc) is 2.63. The second-order valence-corrected chi connectivity index (χ2v) is 4.93. The zero-order chi connectivity index (χ0) is 13.8. The van der Waals surface area contributed by atoms with Gasteiger partial charge in [-0.15, -0.1) is 0 Å². The summed E-state index contributed by atoms with van der Waals surface area (Å²) in [5.41, 5.74) is 3.19. The Bertz CT molecular complexity index is 566. The van der Waals surface area contributed by atoms with Crippen LogP contribution in [0.3, 0.4) is 0 Å². The second kappa shape index (κ2) is 6.08. The molecule has 0 fully saturated rings. The van der Waals surface area contributed by atoms with Gasteiger partial charge in [0.05, 0.1) is 18.8 Å². The number of aryl methyl sites for hydroxylation is 1. The van der Waals surface area contributed by atoms with Crippen molar-refractivity contribution in [3.63, 3.8) is 0 Å². The molecule has 0 spiro atoms. The molecule has 2 N–H and O–H groups in total.